The van der Waals surface area contributed by atoms with Gasteiger partial charge >= 0.3 is 5.97 Å². The minimum atomic E-state index is -0.664. The average Bonchev–Trinajstić information content (AvgIpc) is 2.76. The van der Waals surface area contributed by atoms with E-state index < -0.39 is 5.97 Å². The molecule has 0 aliphatic rings. The number of rotatable bonds is 27. The second kappa shape index (κ2) is 27.5. The van der Waals surface area contributed by atoms with Crippen LogP contribution in [-0.4, -0.2) is 24.2 Å². The molecule has 0 radical (unpaired) electrons. The molecule has 0 spiro atoms. The van der Waals surface area contributed by atoms with Gasteiger partial charge in [0, 0.05) is 6.42 Å². The molecule has 0 atom stereocenters. The van der Waals surface area contributed by atoms with E-state index in [1.165, 1.54) is 128 Å². The summed E-state index contributed by atoms with van der Waals surface area (Å²) in [7, 11) is 0. The first-order valence-electron chi connectivity index (χ1n) is 14.2. The normalized spacial score (nSPS) is 11.3. The fraction of sp³-hybridized carbons (Fsp3) is 0.964. The number of hydrogen-bond acceptors (Lipinski definition) is 2. The zero-order chi connectivity index (χ0) is 22.7. The molecule has 0 heterocycles. The fourth-order valence-electron chi connectivity index (χ4n) is 4.33. The quantitative estimate of drug-likeness (QED) is 0.125. The van der Waals surface area contributed by atoms with Gasteiger partial charge in [0.15, 0.2) is 0 Å². The van der Waals surface area contributed by atoms with Gasteiger partial charge in [-0.3, -0.25) is 4.79 Å². The number of carboxylic acids is 1. The van der Waals surface area contributed by atoms with E-state index in [1.807, 2.05) is 0 Å². The van der Waals surface area contributed by atoms with Gasteiger partial charge in [-0.2, -0.15) is 0 Å². The first-order valence-corrected chi connectivity index (χ1v) is 14.2. The van der Waals surface area contributed by atoms with Crippen LogP contribution < -0.4 is 5.32 Å². The highest BCUT2D eigenvalue weighted by Gasteiger charge is 1.97. The summed E-state index contributed by atoms with van der Waals surface area (Å²) in [6, 6.07) is 0. The van der Waals surface area contributed by atoms with Gasteiger partial charge in [-0.25, -0.2) is 0 Å². The highest BCUT2D eigenvalue weighted by Crippen LogP contribution is 2.14. The van der Waals surface area contributed by atoms with E-state index in [-0.39, 0.29) is 0 Å². The zero-order valence-corrected chi connectivity index (χ0v) is 21.2. The number of unbranched alkanes of at least 4 members (excludes halogenated alkanes) is 21. The highest BCUT2D eigenvalue weighted by molar-refractivity contribution is 5.66. The van der Waals surface area contributed by atoms with Crippen molar-refractivity contribution < 1.29 is 9.90 Å². The monoisotopic (exact) mass is 439 g/mol. The summed E-state index contributed by atoms with van der Waals surface area (Å²) in [5.74, 6) is -0.664. The largest absolute Gasteiger partial charge is 0.481 e. The summed E-state index contributed by atoms with van der Waals surface area (Å²) >= 11 is 0. The minimum absolute atomic E-state index is 0.326. The Bertz CT molecular complexity index is 346. The van der Waals surface area contributed by atoms with Crippen molar-refractivity contribution in [3.05, 3.63) is 0 Å². The second-order valence-corrected chi connectivity index (χ2v) is 9.67. The molecule has 0 aromatic carbocycles. The number of hydrogen-bond donors (Lipinski definition) is 2. The van der Waals surface area contributed by atoms with Gasteiger partial charge in [0.1, 0.15) is 0 Å². The molecule has 0 aliphatic heterocycles. The molecule has 0 aromatic rings. The third-order valence-corrected chi connectivity index (χ3v) is 6.45. The molecule has 0 saturated carbocycles. The van der Waals surface area contributed by atoms with E-state index in [4.69, 9.17) is 5.11 Å². The lowest BCUT2D eigenvalue weighted by Gasteiger charge is -2.05. The molecular formula is C28H57NO2. The Morgan fingerprint density at radius 3 is 1.10 bits per heavy atom. The summed E-state index contributed by atoms with van der Waals surface area (Å²) in [6.07, 6.45) is 31.8. The second-order valence-electron chi connectivity index (χ2n) is 9.67. The maximum absolute atomic E-state index is 10.4. The Labute approximate surface area is 195 Å². The smallest absolute Gasteiger partial charge is 0.303 e. The van der Waals surface area contributed by atoms with Crippen molar-refractivity contribution in [1.82, 2.24) is 5.32 Å². The van der Waals surface area contributed by atoms with Gasteiger partial charge < -0.3 is 10.4 Å². The van der Waals surface area contributed by atoms with Crippen LogP contribution in [-0.2, 0) is 4.79 Å². The van der Waals surface area contributed by atoms with Crippen molar-refractivity contribution in [3.8, 4) is 0 Å². The van der Waals surface area contributed by atoms with Crippen molar-refractivity contribution in [2.24, 2.45) is 0 Å². The Morgan fingerprint density at radius 2 is 0.774 bits per heavy atom. The van der Waals surface area contributed by atoms with Gasteiger partial charge in [0.25, 0.3) is 0 Å². The molecule has 0 aromatic heterocycles. The topological polar surface area (TPSA) is 49.3 Å². The molecule has 2 N–H and O–H groups in total. The van der Waals surface area contributed by atoms with E-state index >= 15 is 0 Å². The third-order valence-electron chi connectivity index (χ3n) is 6.45. The van der Waals surface area contributed by atoms with Gasteiger partial charge in [-0.15, -0.1) is 0 Å². The lowest BCUT2D eigenvalue weighted by Crippen LogP contribution is -2.16. The van der Waals surface area contributed by atoms with Crippen molar-refractivity contribution in [3.63, 3.8) is 0 Å². The average molecular weight is 440 g/mol. The molecule has 186 valence electrons. The molecular weight excluding hydrogens is 382 g/mol. The molecule has 0 bridgehead atoms. The SMILES string of the molecule is CCCCCCCCCCCCCCCCCCCCCNCCCCCCC(=O)O. The Hall–Kier alpha value is -0.570. The van der Waals surface area contributed by atoms with Crippen LogP contribution in [0.2, 0.25) is 0 Å². The van der Waals surface area contributed by atoms with Crippen LogP contribution in [0.15, 0.2) is 0 Å². The molecule has 0 rings (SSSR count). The minimum Gasteiger partial charge on any atom is -0.481 e. The summed E-state index contributed by atoms with van der Waals surface area (Å²) < 4.78 is 0. The van der Waals surface area contributed by atoms with Gasteiger partial charge in [-0.1, -0.05) is 135 Å². The molecule has 0 saturated heterocycles. The van der Waals surface area contributed by atoms with Gasteiger partial charge in [0.2, 0.25) is 0 Å². The molecule has 31 heavy (non-hydrogen) atoms. The standard InChI is InChI=1S/C28H57NO2/c1-2-3-4-5-6-7-8-9-10-11-12-13-14-15-16-17-18-20-23-26-29-27-24-21-19-22-25-28(30)31/h29H,2-27H2,1H3,(H,30,31). The van der Waals surface area contributed by atoms with Crippen molar-refractivity contribution in [2.75, 3.05) is 13.1 Å². The third kappa shape index (κ3) is 29.4. The van der Waals surface area contributed by atoms with E-state index in [1.54, 1.807) is 0 Å². The number of carboxylic acid groups (broad SMARTS) is 1. The molecule has 3 heteroatoms. The molecule has 0 unspecified atom stereocenters. The van der Waals surface area contributed by atoms with Crippen LogP contribution in [0, 0.1) is 0 Å². The van der Waals surface area contributed by atoms with Gasteiger partial charge in [-0.05, 0) is 32.4 Å². The van der Waals surface area contributed by atoms with Crippen LogP contribution in [0.3, 0.4) is 0 Å². The lowest BCUT2D eigenvalue weighted by molar-refractivity contribution is -0.137. The molecule has 0 fully saturated rings. The molecule has 3 nitrogen and oxygen atoms in total. The van der Waals surface area contributed by atoms with Crippen LogP contribution in [0.25, 0.3) is 0 Å². The summed E-state index contributed by atoms with van der Waals surface area (Å²) in [6.45, 7) is 4.53. The van der Waals surface area contributed by atoms with E-state index in [0.29, 0.717) is 6.42 Å². The zero-order valence-electron chi connectivity index (χ0n) is 21.2. The Balaban J connectivity index is 3.00. The van der Waals surface area contributed by atoms with Crippen LogP contribution >= 0.6 is 0 Å². The number of aliphatic carboxylic acids is 1. The fourth-order valence-corrected chi connectivity index (χ4v) is 4.33. The summed E-state index contributed by atoms with van der Waals surface area (Å²) in [5.41, 5.74) is 0. The van der Waals surface area contributed by atoms with E-state index in [2.05, 4.69) is 12.2 Å². The maximum Gasteiger partial charge on any atom is 0.303 e. The number of nitrogens with one attached hydrogen (secondary N) is 1. The number of carbonyl (C=O) groups is 1. The first kappa shape index (κ1) is 30.4. The predicted octanol–water partition coefficient (Wildman–Crippen LogP) is 9.04. The highest BCUT2D eigenvalue weighted by atomic mass is 16.4. The van der Waals surface area contributed by atoms with Crippen LogP contribution in [0.5, 0.6) is 0 Å². The summed E-state index contributed by atoms with van der Waals surface area (Å²) in [5, 5.41) is 12.1. The first-order chi connectivity index (χ1) is 15.3. The van der Waals surface area contributed by atoms with Crippen molar-refractivity contribution in [1.29, 1.82) is 0 Å². The summed E-state index contributed by atoms with van der Waals surface area (Å²) in [4.78, 5) is 10.4. The molecule has 0 aliphatic carbocycles. The molecule has 0 amide bonds. The van der Waals surface area contributed by atoms with Crippen LogP contribution in [0.4, 0.5) is 0 Å². The Morgan fingerprint density at radius 1 is 0.484 bits per heavy atom. The van der Waals surface area contributed by atoms with Gasteiger partial charge in [0.05, 0.1) is 0 Å². The van der Waals surface area contributed by atoms with Crippen molar-refractivity contribution in [2.45, 2.75) is 161 Å². The van der Waals surface area contributed by atoms with E-state index in [0.717, 1.165) is 32.4 Å². The Kier molecular flexibility index (Phi) is 27.0. The predicted molar refractivity (Wildman–Crippen MR) is 137 cm³/mol. The lowest BCUT2D eigenvalue weighted by atomic mass is 10.0. The van der Waals surface area contributed by atoms with Crippen molar-refractivity contribution >= 4 is 5.97 Å². The van der Waals surface area contributed by atoms with E-state index in [9.17, 15) is 4.79 Å². The maximum atomic E-state index is 10.4. The van der Waals surface area contributed by atoms with Crippen LogP contribution in [0.1, 0.15) is 161 Å².